The standard InChI is InChI=1S/C19H33NO2/c1-4-6-14-21-16-12-20(13-17-22-15-7-5-2)19-10-8-18(3)9-11-19/h8-11H,4-7,12-17H2,1-3H3. The van der Waals surface area contributed by atoms with Crippen molar-refractivity contribution in [1.29, 1.82) is 0 Å². The molecule has 0 fully saturated rings. The van der Waals surface area contributed by atoms with Gasteiger partial charge in [0.15, 0.2) is 0 Å². The van der Waals surface area contributed by atoms with E-state index in [0.29, 0.717) is 0 Å². The number of anilines is 1. The van der Waals surface area contributed by atoms with Crippen LogP contribution < -0.4 is 4.90 Å². The van der Waals surface area contributed by atoms with Crippen molar-refractivity contribution in [2.45, 2.75) is 46.5 Å². The van der Waals surface area contributed by atoms with Crippen LogP contribution in [0.1, 0.15) is 45.1 Å². The highest BCUT2D eigenvalue weighted by molar-refractivity contribution is 5.47. The fourth-order valence-electron chi connectivity index (χ4n) is 2.17. The van der Waals surface area contributed by atoms with E-state index in [9.17, 15) is 0 Å². The average Bonchev–Trinajstić information content (AvgIpc) is 2.53. The molecule has 0 aliphatic heterocycles. The monoisotopic (exact) mass is 307 g/mol. The molecule has 0 aromatic heterocycles. The molecule has 1 aromatic rings. The molecule has 0 aliphatic rings. The summed E-state index contributed by atoms with van der Waals surface area (Å²) in [6, 6.07) is 8.71. The van der Waals surface area contributed by atoms with Gasteiger partial charge in [-0.2, -0.15) is 0 Å². The zero-order valence-corrected chi connectivity index (χ0v) is 14.6. The molecular formula is C19H33NO2. The quantitative estimate of drug-likeness (QED) is 0.503. The van der Waals surface area contributed by atoms with Crippen LogP contribution in [0.4, 0.5) is 5.69 Å². The maximum atomic E-state index is 5.71. The Morgan fingerprint density at radius 3 is 1.73 bits per heavy atom. The van der Waals surface area contributed by atoms with Gasteiger partial charge in [0.05, 0.1) is 13.2 Å². The largest absolute Gasteiger partial charge is 0.380 e. The molecule has 0 atom stereocenters. The van der Waals surface area contributed by atoms with Gasteiger partial charge in [0, 0.05) is 32.0 Å². The maximum absolute atomic E-state index is 5.71. The van der Waals surface area contributed by atoms with E-state index >= 15 is 0 Å². The Hall–Kier alpha value is -1.06. The molecule has 3 heteroatoms. The second-order valence-electron chi connectivity index (χ2n) is 5.75. The number of benzene rings is 1. The van der Waals surface area contributed by atoms with E-state index in [1.54, 1.807) is 0 Å². The molecule has 3 nitrogen and oxygen atoms in total. The lowest BCUT2D eigenvalue weighted by molar-refractivity contribution is 0.125. The van der Waals surface area contributed by atoms with Gasteiger partial charge in [0.25, 0.3) is 0 Å². The molecule has 0 amide bonds. The highest BCUT2D eigenvalue weighted by Gasteiger charge is 2.06. The first-order valence-corrected chi connectivity index (χ1v) is 8.75. The van der Waals surface area contributed by atoms with Crippen LogP contribution in [0, 0.1) is 6.92 Å². The van der Waals surface area contributed by atoms with E-state index in [1.807, 2.05) is 0 Å². The molecule has 0 aliphatic carbocycles. The Labute approximate surface area is 136 Å². The zero-order chi connectivity index (χ0) is 16.0. The molecule has 0 saturated heterocycles. The summed E-state index contributed by atoms with van der Waals surface area (Å²) in [5.74, 6) is 0. The molecule has 1 aromatic carbocycles. The molecular weight excluding hydrogens is 274 g/mol. The minimum Gasteiger partial charge on any atom is -0.380 e. The molecule has 0 N–H and O–H groups in total. The maximum Gasteiger partial charge on any atom is 0.0641 e. The van der Waals surface area contributed by atoms with Gasteiger partial charge in [-0.25, -0.2) is 0 Å². The van der Waals surface area contributed by atoms with Crippen LogP contribution in [0.3, 0.4) is 0 Å². The van der Waals surface area contributed by atoms with Gasteiger partial charge >= 0.3 is 0 Å². The Morgan fingerprint density at radius 2 is 1.27 bits per heavy atom. The van der Waals surface area contributed by atoms with Crippen molar-refractivity contribution in [2.75, 3.05) is 44.4 Å². The molecule has 0 spiro atoms. The van der Waals surface area contributed by atoms with Crippen LogP contribution in [0.15, 0.2) is 24.3 Å². The topological polar surface area (TPSA) is 21.7 Å². The van der Waals surface area contributed by atoms with E-state index in [1.165, 1.54) is 24.1 Å². The minimum absolute atomic E-state index is 0.781. The number of unbranched alkanes of at least 4 members (excludes halogenated alkanes) is 2. The first-order chi connectivity index (χ1) is 10.8. The Balaban J connectivity index is 2.40. The Kier molecular flexibility index (Phi) is 10.8. The van der Waals surface area contributed by atoms with Crippen LogP contribution in [-0.4, -0.2) is 39.5 Å². The van der Waals surface area contributed by atoms with Gasteiger partial charge in [0.1, 0.15) is 0 Å². The van der Waals surface area contributed by atoms with Crippen LogP contribution in [0.5, 0.6) is 0 Å². The number of hydrogen-bond donors (Lipinski definition) is 0. The third kappa shape index (κ3) is 8.40. The van der Waals surface area contributed by atoms with Gasteiger partial charge in [-0.15, -0.1) is 0 Å². The summed E-state index contributed by atoms with van der Waals surface area (Å²) in [6.07, 6.45) is 4.66. The predicted molar refractivity (Wildman–Crippen MR) is 94.8 cm³/mol. The van der Waals surface area contributed by atoms with Crippen molar-refractivity contribution in [3.63, 3.8) is 0 Å². The first-order valence-electron chi connectivity index (χ1n) is 8.75. The first kappa shape index (κ1) is 19.0. The second kappa shape index (κ2) is 12.5. The van der Waals surface area contributed by atoms with Crippen molar-refractivity contribution >= 4 is 5.69 Å². The number of aryl methyl sites for hydroxylation is 1. The van der Waals surface area contributed by atoms with E-state index in [0.717, 1.165) is 52.4 Å². The lowest BCUT2D eigenvalue weighted by Crippen LogP contribution is -2.31. The van der Waals surface area contributed by atoms with Gasteiger partial charge < -0.3 is 14.4 Å². The third-order valence-electron chi connectivity index (χ3n) is 3.69. The van der Waals surface area contributed by atoms with Crippen molar-refractivity contribution in [2.24, 2.45) is 0 Å². The summed E-state index contributed by atoms with van der Waals surface area (Å²) in [5.41, 5.74) is 2.55. The van der Waals surface area contributed by atoms with Crippen LogP contribution in [0.25, 0.3) is 0 Å². The Morgan fingerprint density at radius 1 is 0.773 bits per heavy atom. The van der Waals surface area contributed by atoms with Gasteiger partial charge in [-0.1, -0.05) is 44.4 Å². The minimum atomic E-state index is 0.781. The summed E-state index contributed by atoms with van der Waals surface area (Å²) in [4.78, 5) is 2.36. The third-order valence-corrected chi connectivity index (χ3v) is 3.69. The molecule has 1 rings (SSSR count). The fraction of sp³-hybridized carbons (Fsp3) is 0.684. The molecule has 0 radical (unpaired) electrons. The SMILES string of the molecule is CCCCOCCN(CCOCCCC)c1ccc(C)cc1. The van der Waals surface area contributed by atoms with Crippen molar-refractivity contribution < 1.29 is 9.47 Å². The van der Waals surface area contributed by atoms with Gasteiger partial charge in [-0.3, -0.25) is 0 Å². The summed E-state index contributed by atoms with van der Waals surface area (Å²) < 4.78 is 11.4. The van der Waals surface area contributed by atoms with E-state index in [-0.39, 0.29) is 0 Å². The molecule has 22 heavy (non-hydrogen) atoms. The number of hydrogen-bond acceptors (Lipinski definition) is 3. The molecule has 0 saturated carbocycles. The Bertz CT molecular complexity index is 350. The van der Waals surface area contributed by atoms with Crippen LogP contribution >= 0.6 is 0 Å². The predicted octanol–water partition coefficient (Wildman–Crippen LogP) is 4.43. The second-order valence-corrected chi connectivity index (χ2v) is 5.75. The molecule has 0 bridgehead atoms. The number of nitrogens with zero attached hydrogens (tertiary/aromatic N) is 1. The highest BCUT2D eigenvalue weighted by atomic mass is 16.5. The normalized spacial score (nSPS) is 10.9. The van der Waals surface area contributed by atoms with Crippen LogP contribution in [0.2, 0.25) is 0 Å². The van der Waals surface area contributed by atoms with Crippen LogP contribution in [-0.2, 0) is 9.47 Å². The van der Waals surface area contributed by atoms with Crippen molar-refractivity contribution in [3.05, 3.63) is 29.8 Å². The molecule has 0 unspecified atom stereocenters. The van der Waals surface area contributed by atoms with E-state index < -0.39 is 0 Å². The number of ether oxygens (including phenoxy) is 2. The number of rotatable bonds is 13. The van der Waals surface area contributed by atoms with Crippen molar-refractivity contribution in [3.8, 4) is 0 Å². The molecule has 0 heterocycles. The summed E-state index contributed by atoms with van der Waals surface area (Å²) in [7, 11) is 0. The van der Waals surface area contributed by atoms with E-state index in [4.69, 9.17) is 9.47 Å². The lowest BCUT2D eigenvalue weighted by atomic mass is 10.2. The molecule has 126 valence electrons. The fourth-order valence-corrected chi connectivity index (χ4v) is 2.17. The lowest BCUT2D eigenvalue weighted by Gasteiger charge is -2.25. The highest BCUT2D eigenvalue weighted by Crippen LogP contribution is 2.14. The van der Waals surface area contributed by atoms with Crippen molar-refractivity contribution in [1.82, 2.24) is 0 Å². The summed E-state index contributed by atoms with van der Waals surface area (Å²) in [5, 5.41) is 0. The zero-order valence-electron chi connectivity index (χ0n) is 14.6. The smallest absolute Gasteiger partial charge is 0.0641 e. The van der Waals surface area contributed by atoms with E-state index in [2.05, 4.69) is 49.9 Å². The van der Waals surface area contributed by atoms with Gasteiger partial charge in [0.2, 0.25) is 0 Å². The summed E-state index contributed by atoms with van der Waals surface area (Å²) >= 11 is 0. The average molecular weight is 307 g/mol. The summed E-state index contributed by atoms with van der Waals surface area (Å²) in [6.45, 7) is 11.6. The van der Waals surface area contributed by atoms with Gasteiger partial charge in [-0.05, 0) is 31.9 Å².